The molecule has 0 N–H and O–H groups in total. The van der Waals surface area contributed by atoms with Crippen molar-refractivity contribution in [2.45, 2.75) is 13.8 Å². The van der Waals surface area contributed by atoms with Gasteiger partial charge in [-0.25, -0.2) is 0 Å². The number of ether oxygens (including phenoxy) is 1. The molecule has 0 spiro atoms. The lowest BCUT2D eigenvalue weighted by molar-refractivity contribution is 0.362. The molecule has 0 bridgehead atoms. The second kappa shape index (κ2) is 5.10. The molecule has 0 aliphatic heterocycles. The smallest absolute Gasteiger partial charge is 0.490 e. The summed E-state index contributed by atoms with van der Waals surface area (Å²) in [5, 5.41) is 0. The second-order valence-electron chi connectivity index (χ2n) is 3.74. The Hall–Kier alpha value is -1.39. The largest absolute Gasteiger partial charge is 0.509 e. The molecule has 1 nitrogen and oxygen atoms in total. The first-order chi connectivity index (χ1) is 7.39. The molecule has 0 aromatic heterocycles. The number of rotatable bonds is 4. The van der Waals surface area contributed by atoms with Crippen LogP contribution in [-0.4, -0.2) is 13.6 Å². The Balaban J connectivity index is 2.62. The quantitative estimate of drug-likeness (QED) is 0.569. The summed E-state index contributed by atoms with van der Waals surface area (Å²) in [6.45, 7) is -0.682. The average molecular weight is 229 g/mol. The second-order valence-corrected chi connectivity index (χ2v) is 3.74. The zero-order valence-corrected chi connectivity index (χ0v) is 9.21. The minimum absolute atomic E-state index is 0.374. The summed E-state index contributed by atoms with van der Waals surface area (Å²) in [5.74, 6) is 0.446. The first kappa shape index (κ1) is 12.7. The van der Waals surface area contributed by atoms with E-state index in [9.17, 15) is 12.9 Å². The molecular formula is C11H13BF3O-. The van der Waals surface area contributed by atoms with Crippen LogP contribution in [0.2, 0.25) is 0 Å². The van der Waals surface area contributed by atoms with Crippen LogP contribution in [0.25, 0.3) is 0 Å². The Labute approximate surface area is 93.0 Å². The Kier molecular flexibility index (Phi) is 4.04. The van der Waals surface area contributed by atoms with Crippen molar-refractivity contribution in [1.82, 2.24) is 0 Å². The van der Waals surface area contributed by atoms with E-state index in [2.05, 4.69) is 0 Å². The highest BCUT2D eigenvalue weighted by atomic mass is 19.4. The monoisotopic (exact) mass is 229 g/mol. The maximum Gasteiger partial charge on any atom is 0.509 e. The lowest BCUT2D eigenvalue weighted by Crippen LogP contribution is -2.33. The summed E-state index contributed by atoms with van der Waals surface area (Å²) in [6, 6.07) is 4.75. The molecule has 5 heteroatoms. The molecule has 0 heterocycles. The Bertz CT molecular complexity index is 364. The van der Waals surface area contributed by atoms with Crippen LogP contribution in [-0.2, 0) is 0 Å². The normalized spacial score (nSPS) is 11.1. The van der Waals surface area contributed by atoms with Gasteiger partial charge in [-0.05, 0) is 32.1 Å². The van der Waals surface area contributed by atoms with E-state index in [1.54, 1.807) is 0 Å². The maximum atomic E-state index is 12.3. The average Bonchev–Trinajstić information content (AvgIpc) is 2.16. The molecule has 0 radical (unpaired) electrons. The molecule has 16 heavy (non-hydrogen) atoms. The van der Waals surface area contributed by atoms with Crippen LogP contribution in [0, 0.1) is 0 Å². The number of allylic oxidation sites excluding steroid dienone is 1. The van der Waals surface area contributed by atoms with Gasteiger partial charge in [0.05, 0.1) is 0 Å². The van der Waals surface area contributed by atoms with Crippen molar-refractivity contribution in [2.75, 3.05) is 6.61 Å². The molecule has 0 saturated carbocycles. The molecule has 0 saturated heterocycles. The van der Waals surface area contributed by atoms with Gasteiger partial charge in [0.1, 0.15) is 12.4 Å². The van der Waals surface area contributed by atoms with Crippen molar-refractivity contribution in [3.63, 3.8) is 0 Å². The van der Waals surface area contributed by atoms with E-state index in [0.29, 0.717) is 12.4 Å². The minimum Gasteiger partial charge on any atom is -0.490 e. The van der Waals surface area contributed by atoms with Gasteiger partial charge in [-0.15, -0.1) is 5.46 Å². The molecule has 0 fully saturated rings. The lowest BCUT2D eigenvalue weighted by Gasteiger charge is -2.14. The first-order valence-electron chi connectivity index (χ1n) is 4.95. The van der Waals surface area contributed by atoms with Crippen LogP contribution in [0.5, 0.6) is 5.75 Å². The molecule has 0 atom stereocenters. The van der Waals surface area contributed by atoms with Gasteiger partial charge in [-0.3, -0.25) is 0 Å². The Morgan fingerprint density at radius 3 is 2.19 bits per heavy atom. The molecule has 0 aliphatic rings. The van der Waals surface area contributed by atoms with Gasteiger partial charge in [0.15, 0.2) is 0 Å². The Morgan fingerprint density at radius 1 is 1.19 bits per heavy atom. The SMILES string of the molecule is CC(C)=CCOc1ccc([B-](F)(F)F)cc1. The Morgan fingerprint density at radius 2 is 1.75 bits per heavy atom. The van der Waals surface area contributed by atoms with E-state index < -0.39 is 12.4 Å². The van der Waals surface area contributed by atoms with Gasteiger partial charge in [-0.1, -0.05) is 17.7 Å². The van der Waals surface area contributed by atoms with E-state index >= 15 is 0 Å². The number of hydrogen-bond acceptors (Lipinski definition) is 1. The molecule has 88 valence electrons. The third-order valence-electron chi connectivity index (χ3n) is 2.00. The van der Waals surface area contributed by atoms with Crippen LogP contribution in [0.15, 0.2) is 35.9 Å². The highest BCUT2D eigenvalue weighted by Crippen LogP contribution is 2.13. The van der Waals surface area contributed by atoms with Gasteiger partial charge < -0.3 is 17.7 Å². The number of halogens is 3. The molecule has 1 aromatic carbocycles. The van der Waals surface area contributed by atoms with Gasteiger partial charge >= 0.3 is 6.98 Å². The van der Waals surface area contributed by atoms with Crippen molar-refractivity contribution >= 4 is 12.4 Å². The minimum atomic E-state index is -4.91. The van der Waals surface area contributed by atoms with E-state index in [1.807, 2.05) is 19.9 Å². The van der Waals surface area contributed by atoms with Crippen molar-refractivity contribution in [2.24, 2.45) is 0 Å². The van der Waals surface area contributed by atoms with Crippen molar-refractivity contribution in [1.29, 1.82) is 0 Å². The number of benzene rings is 1. The number of hydrogen-bond donors (Lipinski definition) is 0. The summed E-state index contributed by atoms with van der Waals surface area (Å²) in [7, 11) is 0. The summed E-state index contributed by atoms with van der Waals surface area (Å²) < 4.78 is 42.1. The van der Waals surface area contributed by atoms with Gasteiger partial charge in [0.25, 0.3) is 0 Å². The topological polar surface area (TPSA) is 9.23 Å². The molecule has 1 rings (SSSR count). The van der Waals surface area contributed by atoms with Crippen LogP contribution in [0.4, 0.5) is 12.9 Å². The maximum absolute atomic E-state index is 12.3. The van der Waals surface area contributed by atoms with Crippen LogP contribution in [0.3, 0.4) is 0 Å². The molecular weight excluding hydrogens is 216 g/mol. The van der Waals surface area contributed by atoms with Crippen LogP contribution >= 0.6 is 0 Å². The van der Waals surface area contributed by atoms with Gasteiger partial charge in [0, 0.05) is 0 Å². The third-order valence-corrected chi connectivity index (χ3v) is 2.00. The van der Waals surface area contributed by atoms with Crippen molar-refractivity contribution in [3.05, 3.63) is 35.9 Å². The summed E-state index contributed by atoms with van der Waals surface area (Å²) >= 11 is 0. The third kappa shape index (κ3) is 4.00. The molecule has 0 unspecified atom stereocenters. The molecule has 0 amide bonds. The van der Waals surface area contributed by atoms with Gasteiger partial charge in [-0.2, -0.15) is 0 Å². The van der Waals surface area contributed by atoms with Crippen molar-refractivity contribution < 1.29 is 17.7 Å². The fraction of sp³-hybridized carbons (Fsp3) is 0.273. The van der Waals surface area contributed by atoms with Crippen LogP contribution < -0.4 is 10.2 Å². The predicted molar refractivity (Wildman–Crippen MR) is 60.1 cm³/mol. The van der Waals surface area contributed by atoms with E-state index in [-0.39, 0.29) is 0 Å². The summed E-state index contributed by atoms with van der Waals surface area (Å²) in [6.07, 6.45) is 1.86. The van der Waals surface area contributed by atoms with Crippen LogP contribution in [0.1, 0.15) is 13.8 Å². The summed E-state index contributed by atoms with van der Waals surface area (Å²) in [5.41, 5.74) is 0.504. The lowest BCUT2D eigenvalue weighted by atomic mass is 9.80. The van der Waals surface area contributed by atoms with E-state index in [1.165, 1.54) is 12.1 Å². The highest BCUT2D eigenvalue weighted by Gasteiger charge is 2.24. The molecule has 0 aliphatic carbocycles. The highest BCUT2D eigenvalue weighted by molar-refractivity contribution is 6.73. The van der Waals surface area contributed by atoms with E-state index in [4.69, 9.17) is 4.74 Å². The molecule has 1 aromatic rings. The summed E-state index contributed by atoms with van der Waals surface area (Å²) in [4.78, 5) is 0. The van der Waals surface area contributed by atoms with Gasteiger partial charge in [0.2, 0.25) is 0 Å². The zero-order chi connectivity index (χ0) is 12.2. The predicted octanol–water partition coefficient (Wildman–Crippen LogP) is 3.09. The standard InChI is InChI=1S/C11H13BF3O/c1-9(2)7-8-16-11-5-3-10(4-6-11)12(13,14)15/h3-7H,8H2,1-2H3/q-1. The zero-order valence-electron chi connectivity index (χ0n) is 9.21. The van der Waals surface area contributed by atoms with Crippen molar-refractivity contribution in [3.8, 4) is 5.75 Å². The fourth-order valence-corrected chi connectivity index (χ4v) is 1.09. The fourth-order valence-electron chi connectivity index (χ4n) is 1.09. The van der Waals surface area contributed by atoms with E-state index in [0.717, 1.165) is 17.7 Å². The first-order valence-corrected chi connectivity index (χ1v) is 4.95.